The molecule has 0 aromatic heterocycles. The van der Waals surface area contributed by atoms with Crippen molar-refractivity contribution in [1.82, 2.24) is 15.5 Å². The Morgan fingerprint density at radius 1 is 1.48 bits per heavy atom. The highest BCUT2D eigenvalue weighted by Gasteiger charge is 2.21. The first-order valence-corrected chi connectivity index (χ1v) is 8.42. The molecule has 0 saturated carbocycles. The molecule has 3 amide bonds. The number of carbonyl (C=O) groups excluding carboxylic acids is 2. The Labute approximate surface area is 142 Å². The van der Waals surface area contributed by atoms with Gasteiger partial charge in [-0.3, -0.25) is 4.79 Å². The summed E-state index contributed by atoms with van der Waals surface area (Å²) >= 11 is 6.00. The molecule has 23 heavy (non-hydrogen) atoms. The summed E-state index contributed by atoms with van der Waals surface area (Å²) in [5.74, 6) is 0.0649. The van der Waals surface area contributed by atoms with Gasteiger partial charge in [-0.1, -0.05) is 23.7 Å². The molecule has 6 heteroatoms. The molecule has 0 spiro atoms. The van der Waals surface area contributed by atoms with Crippen molar-refractivity contribution >= 4 is 23.5 Å². The molecule has 1 aromatic carbocycles. The maximum Gasteiger partial charge on any atom is 0.318 e. The molecular weight excluding hydrogens is 314 g/mol. The largest absolute Gasteiger partial charge is 0.352 e. The summed E-state index contributed by atoms with van der Waals surface area (Å²) in [4.78, 5) is 25.6. The molecule has 1 fully saturated rings. The zero-order valence-electron chi connectivity index (χ0n) is 13.6. The highest BCUT2D eigenvalue weighted by Crippen LogP contribution is 2.14. The number of benzene rings is 1. The zero-order chi connectivity index (χ0) is 16.8. The average molecular weight is 338 g/mol. The van der Waals surface area contributed by atoms with E-state index in [1.807, 2.05) is 38.1 Å². The second-order valence-corrected chi connectivity index (χ2v) is 6.63. The van der Waals surface area contributed by atoms with Crippen LogP contribution in [0.3, 0.4) is 0 Å². The molecule has 0 unspecified atom stereocenters. The van der Waals surface area contributed by atoms with Crippen LogP contribution in [0.15, 0.2) is 24.3 Å². The molecule has 2 rings (SSSR count). The second-order valence-electron chi connectivity index (χ2n) is 6.19. The number of amides is 3. The predicted octanol–water partition coefficient (Wildman–Crippen LogP) is 2.93. The van der Waals surface area contributed by atoms with Crippen LogP contribution in [0.4, 0.5) is 4.79 Å². The van der Waals surface area contributed by atoms with E-state index in [4.69, 9.17) is 11.6 Å². The molecule has 2 N–H and O–H groups in total. The van der Waals surface area contributed by atoms with Gasteiger partial charge in [-0.15, -0.1) is 0 Å². The summed E-state index contributed by atoms with van der Waals surface area (Å²) in [5, 5.41) is 6.50. The van der Waals surface area contributed by atoms with Crippen LogP contribution in [0.25, 0.3) is 0 Å². The van der Waals surface area contributed by atoms with Gasteiger partial charge in [0.1, 0.15) is 0 Å². The van der Waals surface area contributed by atoms with Crippen molar-refractivity contribution < 1.29 is 9.59 Å². The van der Waals surface area contributed by atoms with E-state index in [-0.39, 0.29) is 24.0 Å². The number of hydrogen-bond donors (Lipinski definition) is 2. The molecule has 0 radical (unpaired) electrons. The van der Waals surface area contributed by atoms with Gasteiger partial charge in [-0.25, -0.2) is 4.79 Å². The standard InChI is InChI=1S/C17H24ClN3O2/c1-12(2)21(11-13-5-3-6-14(18)9-13)17(23)19-10-15-7-4-8-16(22)20-15/h3,5-6,9,12,15H,4,7-8,10-11H2,1-2H3,(H,19,23)(H,20,22)/t15-/m1/s1. The van der Waals surface area contributed by atoms with Crippen LogP contribution in [0.1, 0.15) is 38.7 Å². The summed E-state index contributed by atoms with van der Waals surface area (Å²) in [6, 6.07) is 7.49. The van der Waals surface area contributed by atoms with Crippen molar-refractivity contribution in [3.05, 3.63) is 34.9 Å². The highest BCUT2D eigenvalue weighted by molar-refractivity contribution is 6.30. The summed E-state index contributed by atoms with van der Waals surface area (Å²) in [5.41, 5.74) is 0.993. The number of urea groups is 1. The molecule has 126 valence electrons. The molecule has 1 aromatic rings. The topological polar surface area (TPSA) is 61.4 Å². The van der Waals surface area contributed by atoms with Crippen LogP contribution < -0.4 is 10.6 Å². The van der Waals surface area contributed by atoms with Crippen LogP contribution in [0.5, 0.6) is 0 Å². The number of rotatable bonds is 5. The first-order valence-electron chi connectivity index (χ1n) is 8.04. The van der Waals surface area contributed by atoms with Crippen molar-refractivity contribution in [2.75, 3.05) is 6.54 Å². The Kier molecular flexibility index (Phi) is 6.28. The maximum atomic E-state index is 12.5. The third kappa shape index (κ3) is 5.43. The molecule has 0 bridgehead atoms. The van der Waals surface area contributed by atoms with Crippen molar-refractivity contribution in [3.63, 3.8) is 0 Å². The number of piperidine rings is 1. The Balaban J connectivity index is 1.91. The molecule has 1 atom stereocenters. The van der Waals surface area contributed by atoms with Gasteiger partial charge in [0.25, 0.3) is 0 Å². The molecule has 0 aliphatic carbocycles. The lowest BCUT2D eigenvalue weighted by atomic mass is 10.0. The van der Waals surface area contributed by atoms with Crippen molar-refractivity contribution in [3.8, 4) is 0 Å². The van der Waals surface area contributed by atoms with E-state index in [2.05, 4.69) is 10.6 Å². The number of halogens is 1. The van der Waals surface area contributed by atoms with Gasteiger partial charge in [0.2, 0.25) is 5.91 Å². The van der Waals surface area contributed by atoms with E-state index in [1.165, 1.54) is 0 Å². The smallest absolute Gasteiger partial charge is 0.318 e. The van der Waals surface area contributed by atoms with E-state index >= 15 is 0 Å². The van der Waals surface area contributed by atoms with Crippen molar-refractivity contribution in [2.45, 2.75) is 51.7 Å². The van der Waals surface area contributed by atoms with Gasteiger partial charge < -0.3 is 15.5 Å². The fraction of sp³-hybridized carbons (Fsp3) is 0.529. The first kappa shape index (κ1) is 17.6. The van der Waals surface area contributed by atoms with Crippen molar-refractivity contribution in [1.29, 1.82) is 0 Å². The lowest BCUT2D eigenvalue weighted by molar-refractivity contribution is -0.123. The van der Waals surface area contributed by atoms with Crippen LogP contribution in [0, 0.1) is 0 Å². The van der Waals surface area contributed by atoms with E-state index < -0.39 is 0 Å². The quantitative estimate of drug-likeness (QED) is 0.867. The third-order valence-electron chi connectivity index (χ3n) is 3.95. The fourth-order valence-electron chi connectivity index (χ4n) is 2.67. The molecular formula is C17H24ClN3O2. The normalized spacial score (nSPS) is 17.7. The fourth-order valence-corrected chi connectivity index (χ4v) is 2.88. The van der Waals surface area contributed by atoms with E-state index in [0.717, 1.165) is 18.4 Å². The Hall–Kier alpha value is -1.75. The molecule has 5 nitrogen and oxygen atoms in total. The van der Waals surface area contributed by atoms with E-state index in [0.29, 0.717) is 24.5 Å². The zero-order valence-corrected chi connectivity index (χ0v) is 14.4. The summed E-state index contributed by atoms with van der Waals surface area (Å²) < 4.78 is 0. The van der Waals surface area contributed by atoms with Gasteiger partial charge in [-0.05, 0) is 44.4 Å². The van der Waals surface area contributed by atoms with Crippen LogP contribution in [-0.4, -0.2) is 35.5 Å². The number of nitrogens with one attached hydrogen (secondary N) is 2. The average Bonchev–Trinajstić information content (AvgIpc) is 2.50. The highest BCUT2D eigenvalue weighted by atomic mass is 35.5. The lowest BCUT2D eigenvalue weighted by Crippen LogP contribution is -2.50. The molecule has 1 aliphatic heterocycles. The number of hydrogen-bond acceptors (Lipinski definition) is 2. The minimum absolute atomic E-state index is 0.0281. The Morgan fingerprint density at radius 2 is 2.26 bits per heavy atom. The first-order chi connectivity index (χ1) is 11.0. The maximum absolute atomic E-state index is 12.5. The molecule has 1 saturated heterocycles. The summed E-state index contributed by atoms with van der Waals surface area (Å²) in [7, 11) is 0. The minimum atomic E-state index is -0.125. The van der Waals surface area contributed by atoms with Crippen LogP contribution in [0.2, 0.25) is 5.02 Å². The second kappa shape index (κ2) is 8.20. The van der Waals surface area contributed by atoms with Gasteiger partial charge in [0.05, 0.1) is 0 Å². The SMILES string of the molecule is CC(C)N(Cc1cccc(Cl)c1)C(=O)NC[C@H]1CCCC(=O)N1. The Morgan fingerprint density at radius 3 is 2.91 bits per heavy atom. The van der Waals surface area contributed by atoms with Crippen LogP contribution >= 0.6 is 11.6 Å². The van der Waals surface area contributed by atoms with Gasteiger partial charge in [-0.2, -0.15) is 0 Å². The monoisotopic (exact) mass is 337 g/mol. The number of carbonyl (C=O) groups is 2. The Bertz CT molecular complexity index is 563. The summed E-state index contributed by atoms with van der Waals surface area (Å²) in [6.45, 7) is 4.92. The van der Waals surface area contributed by atoms with Crippen molar-refractivity contribution in [2.24, 2.45) is 0 Å². The third-order valence-corrected chi connectivity index (χ3v) is 4.18. The number of nitrogens with zero attached hydrogens (tertiary/aromatic N) is 1. The van der Waals surface area contributed by atoms with Gasteiger partial charge >= 0.3 is 6.03 Å². The van der Waals surface area contributed by atoms with Gasteiger partial charge in [0.15, 0.2) is 0 Å². The summed E-state index contributed by atoms with van der Waals surface area (Å²) in [6.07, 6.45) is 2.36. The molecule has 1 heterocycles. The van der Waals surface area contributed by atoms with Crippen LogP contribution in [-0.2, 0) is 11.3 Å². The lowest BCUT2D eigenvalue weighted by Gasteiger charge is -2.29. The minimum Gasteiger partial charge on any atom is -0.352 e. The van der Waals surface area contributed by atoms with E-state index in [9.17, 15) is 9.59 Å². The molecule has 1 aliphatic rings. The predicted molar refractivity (Wildman–Crippen MR) is 91.3 cm³/mol. The van der Waals surface area contributed by atoms with E-state index in [1.54, 1.807) is 4.90 Å². The van der Waals surface area contributed by atoms with Gasteiger partial charge in [0, 0.05) is 36.6 Å².